The first-order valence-electron chi connectivity index (χ1n) is 9.73. The Bertz CT molecular complexity index is 729. The smallest absolute Gasteiger partial charge is 0.251 e. The summed E-state index contributed by atoms with van der Waals surface area (Å²) in [6, 6.07) is 12.6. The zero-order valence-corrected chi connectivity index (χ0v) is 17.6. The lowest BCUT2D eigenvalue weighted by Gasteiger charge is -2.34. The number of nitrogens with one attached hydrogen (secondary N) is 2. The molecule has 27 heavy (non-hydrogen) atoms. The van der Waals surface area contributed by atoms with Crippen LogP contribution in [0.25, 0.3) is 0 Å². The van der Waals surface area contributed by atoms with Crippen LogP contribution in [0.4, 0.5) is 0 Å². The van der Waals surface area contributed by atoms with Crippen molar-refractivity contribution in [2.24, 2.45) is 0 Å². The normalized spacial score (nSPS) is 18.1. The largest absolute Gasteiger partial charge is 0.370 e. The lowest BCUT2D eigenvalue weighted by atomic mass is 9.86. The van der Waals surface area contributed by atoms with Crippen molar-refractivity contribution >= 4 is 17.2 Å². The first-order chi connectivity index (χ1) is 12.9. The Hall–Kier alpha value is -1.69. The van der Waals surface area contributed by atoms with E-state index < -0.39 is 0 Å². The SMILES string of the molecule is C[C@H](NC(=O)c1ccc(C(C)(C)C)cc1)[C@H](c1cccs1)[NH+]1CCOCC1. The molecule has 1 saturated heterocycles. The molecule has 1 amide bonds. The molecule has 0 radical (unpaired) electrons. The van der Waals surface area contributed by atoms with Crippen LogP contribution < -0.4 is 10.2 Å². The summed E-state index contributed by atoms with van der Waals surface area (Å²) in [6.45, 7) is 12.2. The van der Waals surface area contributed by atoms with Gasteiger partial charge in [-0.1, -0.05) is 39.0 Å². The number of ether oxygens (including phenoxy) is 1. The molecule has 1 aromatic heterocycles. The van der Waals surface area contributed by atoms with E-state index in [1.165, 1.54) is 15.3 Å². The van der Waals surface area contributed by atoms with E-state index in [1.807, 2.05) is 12.1 Å². The average Bonchev–Trinajstić information content (AvgIpc) is 3.16. The number of rotatable bonds is 5. The highest BCUT2D eigenvalue weighted by Crippen LogP contribution is 2.23. The highest BCUT2D eigenvalue weighted by atomic mass is 32.1. The minimum absolute atomic E-state index is 0.00262. The minimum atomic E-state index is -0.00262. The third-order valence-electron chi connectivity index (χ3n) is 5.30. The van der Waals surface area contributed by atoms with Crippen molar-refractivity contribution in [3.05, 3.63) is 57.8 Å². The summed E-state index contributed by atoms with van der Waals surface area (Å²) < 4.78 is 5.53. The van der Waals surface area contributed by atoms with E-state index in [4.69, 9.17) is 4.74 Å². The van der Waals surface area contributed by atoms with E-state index in [-0.39, 0.29) is 23.4 Å². The zero-order chi connectivity index (χ0) is 19.4. The molecule has 1 aliphatic heterocycles. The predicted molar refractivity (Wildman–Crippen MR) is 111 cm³/mol. The standard InChI is InChI=1S/C22H30N2O2S/c1-16(20(19-6-5-15-27-19)24-11-13-26-14-12-24)23-21(25)17-7-9-18(10-8-17)22(2,3)4/h5-10,15-16,20H,11-14H2,1-4H3,(H,23,25)/p+1/t16-,20+/m0/s1. The van der Waals surface area contributed by atoms with Crippen molar-refractivity contribution < 1.29 is 14.4 Å². The van der Waals surface area contributed by atoms with Crippen LogP contribution >= 0.6 is 11.3 Å². The summed E-state index contributed by atoms with van der Waals surface area (Å²) in [4.78, 5) is 15.6. The van der Waals surface area contributed by atoms with Crippen molar-refractivity contribution in [2.45, 2.75) is 45.2 Å². The van der Waals surface area contributed by atoms with Gasteiger partial charge in [-0.2, -0.15) is 0 Å². The van der Waals surface area contributed by atoms with Crippen LogP contribution in [-0.4, -0.2) is 38.3 Å². The maximum absolute atomic E-state index is 12.8. The number of morpholine rings is 1. The van der Waals surface area contributed by atoms with E-state index in [0.717, 1.165) is 31.9 Å². The Balaban J connectivity index is 1.72. The van der Waals surface area contributed by atoms with Crippen molar-refractivity contribution in [1.29, 1.82) is 0 Å². The van der Waals surface area contributed by atoms with E-state index in [9.17, 15) is 4.79 Å². The van der Waals surface area contributed by atoms with Crippen LogP contribution in [0.3, 0.4) is 0 Å². The first-order valence-corrected chi connectivity index (χ1v) is 10.6. The van der Waals surface area contributed by atoms with Gasteiger partial charge in [0.05, 0.1) is 24.1 Å². The Morgan fingerprint density at radius 2 is 1.81 bits per heavy atom. The maximum atomic E-state index is 12.8. The van der Waals surface area contributed by atoms with Gasteiger partial charge in [-0.15, -0.1) is 11.3 Å². The number of hydrogen-bond acceptors (Lipinski definition) is 3. The molecule has 1 aliphatic rings. The van der Waals surface area contributed by atoms with Crippen molar-refractivity contribution in [2.75, 3.05) is 26.3 Å². The quantitative estimate of drug-likeness (QED) is 0.829. The van der Waals surface area contributed by atoms with Crippen molar-refractivity contribution in [1.82, 2.24) is 5.32 Å². The summed E-state index contributed by atoms with van der Waals surface area (Å²) in [7, 11) is 0. The number of amides is 1. The van der Waals surface area contributed by atoms with Gasteiger partial charge in [-0.05, 0) is 41.5 Å². The molecule has 3 rings (SSSR count). The molecule has 5 heteroatoms. The number of benzene rings is 1. The molecule has 2 heterocycles. The molecular weight excluding hydrogens is 356 g/mol. The second-order valence-electron chi connectivity index (χ2n) is 8.35. The Morgan fingerprint density at radius 1 is 1.15 bits per heavy atom. The molecule has 2 aromatic rings. The van der Waals surface area contributed by atoms with Crippen LogP contribution in [-0.2, 0) is 10.2 Å². The Kier molecular flexibility index (Phi) is 6.35. The van der Waals surface area contributed by atoms with Gasteiger partial charge in [-0.3, -0.25) is 4.79 Å². The topological polar surface area (TPSA) is 42.8 Å². The van der Waals surface area contributed by atoms with Gasteiger partial charge in [0.1, 0.15) is 19.1 Å². The molecule has 146 valence electrons. The lowest BCUT2D eigenvalue weighted by Crippen LogP contribution is -3.15. The summed E-state index contributed by atoms with van der Waals surface area (Å²) in [6.07, 6.45) is 0. The number of thiophene rings is 1. The zero-order valence-electron chi connectivity index (χ0n) is 16.7. The second kappa shape index (κ2) is 8.55. The van der Waals surface area contributed by atoms with Crippen LogP contribution in [0.15, 0.2) is 41.8 Å². The first kappa shape index (κ1) is 20.1. The molecule has 2 N–H and O–H groups in total. The molecule has 0 saturated carbocycles. The predicted octanol–water partition coefficient (Wildman–Crippen LogP) is 2.82. The number of quaternary nitrogens is 1. The molecular formula is C22H31N2O2S+. The van der Waals surface area contributed by atoms with Crippen LogP contribution in [0.1, 0.15) is 54.5 Å². The fourth-order valence-electron chi connectivity index (χ4n) is 3.71. The van der Waals surface area contributed by atoms with Gasteiger partial charge >= 0.3 is 0 Å². The molecule has 0 unspecified atom stereocenters. The molecule has 0 spiro atoms. The van der Waals surface area contributed by atoms with E-state index in [2.05, 4.69) is 62.7 Å². The molecule has 2 atom stereocenters. The Labute approximate surface area is 166 Å². The van der Waals surface area contributed by atoms with Crippen molar-refractivity contribution in [3.63, 3.8) is 0 Å². The number of hydrogen-bond donors (Lipinski definition) is 2. The summed E-state index contributed by atoms with van der Waals surface area (Å²) >= 11 is 1.77. The summed E-state index contributed by atoms with van der Waals surface area (Å²) in [5.41, 5.74) is 2.05. The number of carbonyl (C=O) groups excluding carboxylic acids is 1. The monoisotopic (exact) mass is 387 g/mol. The molecule has 4 nitrogen and oxygen atoms in total. The van der Waals surface area contributed by atoms with Gasteiger partial charge in [0.15, 0.2) is 0 Å². The number of carbonyl (C=O) groups is 1. The van der Waals surface area contributed by atoms with Crippen LogP contribution in [0, 0.1) is 0 Å². The minimum Gasteiger partial charge on any atom is -0.370 e. The maximum Gasteiger partial charge on any atom is 0.251 e. The van der Waals surface area contributed by atoms with E-state index in [0.29, 0.717) is 0 Å². The van der Waals surface area contributed by atoms with Gasteiger partial charge < -0.3 is 15.0 Å². The highest BCUT2D eigenvalue weighted by Gasteiger charge is 2.33. The Morgan fingerprint density at radius 3 is 2.37 bits per heavy atom. The summed E-state index contributed by atoms with van der Waals surface area (Å²) in [5.74, 6) is -0.00262. The van der Waals surface area contributed by atoms with Gasteiger partial charge in [-0.25, -0.2) is 0 Å². The molecule has 1 aromatic carbocycles. The summed E-state index contributed by atoms with van der Waals surface area (Å²) in [5, 5.41) is 5.36. The third-order valence-corrected chi connectivity index (χ3v) is 6.25. The fraction of sp³-hybridized carbons (Fsp3) is 0.500. The highest BCUT2D eigenvalue weighted by molar-refractivity contribution is 7.10. The van der Waals surface area contributed by atoms with E-state index >= 15 is 0 Å². The van der Waals surface area contributed by atoms with Crippen molar-refractivity contribution in [3.8, 4) is 0 Å². The molecule has 0 bridgehead atoms. The second-order valence-corrected chi connectivity index (χ2v) is 9.33. The fourth-order valence-corrected chi connectivity index (χ4v) is 4.70. The molecule has 1 fully saturated rings. The third kappa shape index (κ3) is 4.98. The van der Waals surface area contributed by atoms with Gasteiger partial charge in [0, 0.05) is 5.56 Å². The van der Waals surface area contributed by atoms with Gasteiger partial charge in [0.2, 0.25) is 0 Å². The lowest BCUT2D eigenvalue weighted by molar-refractivity contribution is -0.939. The van der Waals surface area contributed by atoms with E-state index in [1.54, 1.807) is 11.3 Å². The van der Waals surface area contributed by atoms with Crippen LogP contribution in [0.5, 0.6) is 0 Å². The molecule has 0 aliphatic carbocycles. The van der Waals surface area contributed by atoms with Gasteiger partial charge in [0.25, 0.3) is 5.91 Å². The van der Waals surface area contributed by atoms with Crippen LogP contribution in [0.2, 0.25) is 0 Å². The average molecular weight is 388 g/mol.